The van der Waals surface area contributed by atoms with E-state index in [-0.39, 0.29) is 16.6 Å². The van der Waals surface area contributed by atoms with E-state index in [1.54, 1.807) is 36.4 Å². The van der Waals surface area contributed by atoms with E-state index in [0.29, 0.717) is 40.0 Å². The Bertz CT molecular complexity index is 1930. The van der Waals surface area contributed by atoms with Crippen LogP contribution in [-0.4, -0.2) is 21.9 Å². The van der Waals surface area contributed by atoms with E-state index in [2.05, 4.69) is 10.1 Å². The minimum atomic E-state index is -4.75. The summed E-state index contributed by atoms with van der Waals surface area (Å²) in [4.78, 5) is 3.12. The van der Waals surface area contributed by atoms with Gasteiger partial charge in [-0.3, -0.25) is 4.68 Å². The third-order valence-corrected chi connectivity index (χ3v) is 6.85. The molecule has 0 amide bonds. The Morgan fingerprint density at radius 2 is 1.61 bits per heavy atom. The number of rotatable bonds is 5. The molecule has 2 aromatic heterocycles. The molecule has 2 heterocycles. The number of aromatic amines is 1. The zero-order valence-corrected chi connectivity index (χ0v) is 21.1. The number of H-pyrrole nitrogens is 1. The standard InChI is InChI=1S/C30H18F7N3O/c1-41-18-7-8-19(25(34)13-18)27-9-15-5-6-16(10-26(15)38-27)29-20-3-2-4-22(30(35,36)37)28(20)39-40(29)14-21-23(32)11-17(31)12-24(21)33/h2-13,38H,14H2,1H3. The van der Waals surface area contributed by atoms with Crippen molar-refractivity contribution < 1.29 is 35.5 Å². The Morgan fingerprint density at radius 1 is 0.854 bits per heavy atom. The third-order valence-electron chi connectivity index (χ3n) is 6.85. The van der Waals surface area contributed by atoms with E-state index in [4.69, 9.17) is 4.74 Å². The molecule has 6 rings (SSSR count). The highest BCUT2D eigenvalue weighted by atomic mass is 19.4. The molecule has 0 atom stereocenters. The van der Waals surface area contributed by atoms with Crippen molar-refractivity contribution in [3.8, 4) is 28.3 Å². The number of hydrogen-bond donors (Lipinski definition) is 1. The van der Waals surface area contributed by atoms with Crippen LogP contribution < -0.4 is 4.74 Å². The molecule has 0 radical (unpaired) electrons. The summed E-state index contributed by atoms with van der Waals surface area (Å²) in [7, 11) is 1.42. The van der Waals surface area contributed by atoms with Gasteiger partial charge in [-0.1, -0.05) is 24.3 Å². The zero-order valence-electron chi connectivity index (χ0n) is 21.1. The number of nitrogens with zero attached hydrogens (tertiary/aromatic N) is 2. The first-order valence-electron chi connectivity index (χ1n) is 12.2. The summed E-state index contributed by atoms with van der Waals surface area (Å²) in [6.45, 7) is -0.607. The van der Waals surface area contributed by atoms with Gasteiger partial charge >= 0.3 is 6.18 Å². The van der Waals surface area contributed by atoms with E-state index in [1.807, 2.05) is 0 Å². The van der Waals surface area contributed by atoms with Crippen LogP contribution >= 0.6 is 0 Å². The number of methoxy groups -OCH3 is 1. The topological polar surface area (TPSA) is 42.8 Å². The van der Waals surface area contributed by atoms with Crippen LogP contribution in [0.1, 0.15) is 11.1 Å². The molecule has 0 bridgehead atoms. The van der Waals surface area contributed by atoms with E-state index >= 15 is 0 Å². The van der Waals surface area contributed by atoms with Gasteiger partial charge < -0.3 is 9.72 Å². The van der Waals surface area contributed by atoms with Crippen molar-refractivity contribution in [2.24, 2.45) is 0 Å². The van der Waals surface area contributed by atoms with Crippen molar-refractivity contribution in [3.05, 3.63) is 107 Å². The van der Waals surface area contributed by atoms with Crippen LogP contribution in [0.5, 0.6) is 5.75 Å². The number of nitrogens with one attached hydrogen (secondary N) is 1. The maximum absolute atomic E-state index is 14.7. The van der Waals surface area contributed by atoms with E-state index < -0.39 is 52.6 Å². The lowest BCUT2D eigenvalue weighted by Crippen LogP contribution is -2.09. The molecule has 208 valence electrons. The van der Waals surface area contributed by atoms with Crippen LogP contribution in [0.3, 0.4) is 0 Å². The fourth-order valence-corrected chi connectivity index (χ4v) is 4.93. The Balaban J connectivity index is 1.54. The summed E-state index contributed by atoms with van der Waals surface area (Å²) < 4.78 is 105. The van der Waals surface area contributed by atoms with Gasteiger partial charge in [0.2, 0.25) is 0 Å². The molecule has 0 aliphatic rings. The second kappa shape index (κ2) is 9.69. The summed E-state index contributed by atoms with van der Waals surface area (Å²) in [6, 6.07) is 15.5. The molecule has 4 nitrogen and oxygen atoms in total. The van der Waals surface area contributed by atoms with Gasteiger partial charge in [-0.2, -0.15) is 18.3 Å². The Morgan fingerprint density at radius 3 is 2.29 bits per heavy atom. The molecule has 1 N–H and O–H groups in total. The monoisotopic (exact) mass is 569 g/mol. The van der Waals surface area contributed by atoms with Crippen molar-refractivity contribution in [2.75, 3.05) is 7.11 Å². The molecule has 0 saturated carbocycles. The van der Waals surface area contributed by atoms with Crippen LogP contribution in [0.2, 0.25) is 0 Å². The molecule has 0 saturated heterocycles. The Labute approximate surface area is 227 Å². The van der Waals surface area contributed by atoms with Gasteiger partial charge in [-0.15, -0.1) is 0 Å². The molecule has 0 unspecified atom stereocenters. The van der Waals surface area contributed by atoms with Crippen LogP contribution in [0, 0.1) is 23.3 Å². The summed E-state index contributed by atoms with van der Waals surface area (Å²) in [5.74, 6) is -3.71. The summed E-state index contributed by atoms with van der Waals surface area (Å²) in [5, 5.41) is 4.89. The largest absolute Gasteiger partial charge is 0.497 e. The molecular formula is C30H18F7N3O. The normalized spacial score (nSPS) is 12.0. The van der Waals surface area contributed by atoms with Gasteiger partial charge in [-0.25, -0.2) is 17.6 Å². The maximum Gasteiger partial charge on any atom is 0.418 e. The highest BCUT2D eigenvalue weighted by Crippen LogP contribution is 2.39. The van der Waals surface area contributed by atoms with E-state index in [1.165, 1.54) is 25.3 Å². The number of aromatic nitrogens is 3. The lowest BCUT2D eigenvalue weighted by Gasteiger charge is -2.10. The number of benzene rings is 4. The minimum Gasteiger partial charge on any atom is -0.497 e. The fourth-order valence-electron chi connectivity index (χ4n) is 4.93. The average Bonchev–Trinajstić information content (AvgIpc) is 3.50. The molecule has 0 spiro atoms. The molecule has 0 aliphatic heterocycles. The lowest BCUT2D eigenvalue weighted by atomic mass is 10.0. The minimum absolute atomic E-state index is 0.0927. The predicted molar refractivity (Wildman–Crippen MR) is 139 cm³/mol. The SMILES string of the molecule is COc1ccc(-c2cc3ccc(-c4c5cccc(C(F)(F)F)c5nn4Cc4c(F)cc(F)cc4F)cc3[nH]2)c(F)c1. The summed E-state index contributed by atoms with van der Waals surface area (Å²) in [5.41, 5.74) is -0.207. The van der Waals surface area contributed by atoms with Crippen LogP contribution in [0.4, 0.5) is 30.7 Å². The van der Waals surface area contributed by atoms with Gasteiger partial charge in [0, 0.05) is 56.9 Å². The zero-order chi connectivity index (χ0) is 29.1. The maximum atomic E-state index is 14.7. The molecular weight excluding hydrogens is 551 g/mol. The number of halogens is 7. The average molecular weight is 569 g/mol. The van der Waals surface area contributed by atoms with Gasteiger partial charge in [-0.05, 0) is 30.3 Å². The number of fused-ring (bicyclic) bond motifs is 2. The van der Waals surface area contributed by atoms with Crippen molar-refractivity contribution >= 4 is 21.8 Å². The van der Waals surface area contributed by atoms with Gasteiger partial charge in [0.15, 0.2) is 0 Å². The highest BCUT2D eigenvalue weighted by Gasteiger charge is 2.35. The molecule has 4 aromatic carbocycles. The van der Waals surface area contributed by atoms with Gasteiger partial charge in [0.05, 0.1) is 24.9 Å². The van der Waals surface area contributed by atoms with Crippen molar-refractivity contribution in [3.63, 3.8) is 0 Å². The number of hydrogen-bond acceptors (Lipinski definition) is 2. The first kappa shape index (κ1) is 26.4. The van der Waals surface area contributed by atoms with Gasteiger partial charge in [0.25, 0.3) is 0 Å². The predicted octanol–water partition coefficient (Wildman–Crippen LogP) is 8.48. The second-order valence-corrected chi connectivity index (χ2v) is 9.38. The van der Waals surface area contributed by atoms with Crippen LogP contribution in [0.15, 0.2) is 72.8 Å². The molecule has 0 fully saturated rings. The van der Waals surface area contributed by atoms with Crippen molar-refractivity contribution in [1.29, 1.82) is 0 Å². The summed E-state index contributed by atoms with van der Waals surface area (Å²) >= 11 is 0. The number of alkyl halides is 3. The molecule has 0 aliphatic carbocycles. The Hall–Kier alpha value is -4.80. The third kappa shape index (κ3) is 4.66. The van der Waals surface area contributed by atoms with Crippen molar-refractivity contribution in [2.45, 2.75) is 12.7 Å². The van der Waals surface area contributed by atoms with E-state index in [9.17, 15) is 30.7 Å². The first-order valence-corrected chi connectivity index (χ1v) is 12.2. The number of ether oxygens (including phenoxy) is 1. The van der Waals surface area contributed by atoms with Crippen molar-refractivity contribution in [1.82, 2.24) is 14.8 Å². The van der Waals surface area contributed by atoms with Crippen LogP contribution in [-0.2, 0) is 12.7 Å². The first-order chi connectivity index (χ1) is 19.5. The highest BCUT2D eigenvalue weighted by molar-refractivity contribution is 5.98. The Kier molecular flexibility index (Phi) is 6.24. The molecule has 11 heteroatoms. The lowest BCUT2D eigenvalue weighted by molar-refractivity contribution is -0.136. The smallest absolute Gasteiger partial charge is 0.418 e. The second-order valence-electron chi connectivity index (χ2n) is 9.38. The fraction of sp³-hybridized carbons (Fsp3) is 0.100. The quantitative estimate of drug-likeness (QED) is 0.212. The van der Waals surface area contributed by atoms with Gasteiger partial charge in [0.1, 0.15) is 34.5 Å². The summed E-state index contributed by atoms with van der Waals surface area (Å²) in [6.07, 6.45) is -4.75. The van der Waals surface area contributed by atoms with Crippen LogP contribution in [0.25, 0.3) is 44.3 Å². The molecule has 6 aromatic rings. The van der Waals surface area contributed by atoms with E-state index in [0.717, 1.165) is 10.7 Å². The molecule has 41 heavy (non-hydrogen) atoms.